The van der Waals surface area contributed by atoms with E-state index in [0.29, 0.717) is 11.5 Å². The average Bonchev–Trinajstić information content (AvgIpc) is 3.39. The quantitative estimate of drug-likeness (QED) is 0.272. The standard InChI is InChI=1S/C34H29N7O/c1-21-15-19-41-30(20-21)40-32(25-13-17-36-18-14-25)33(41)27-10-12-29(39-34(42)23(3)35-4)38-28(27)11-9-24-8-7-22(2)31-26(24)6-5-16-37-31/h5-8,10,12-20,23,35H,1-4H3,(H,38,39,42). The van der Waals surface area contributed by atoms with E-state index in [1.165, 1.54) is 0 Å². The van der Waals surface area contributed by atoms with Crippen molar-refractivity contribution in [2.24, 2.45) is 0 Å². The molecule has 5 heterocycles. The predicted octanol–water partition coefficient (Wildman–Crippen LogP) is 5.57. The largest absolute Gasteiger partial charge is 0.309 e. The maximum Gasteiger partial charge on any atom is 0.242 e. The maximum absolute atomic E-state index is 12.7. The Labute approximate surface area is 243 Å². The number of carbonyl (C=O) groups excluding carboxylic acids is 1. The molecule has 0 saturated heterocycles. The van der Waals surface area contributed by atoms with Crippen molar-refractivity contribution in [3.05, 3.63) is 108 Å². The van der Waals surface area contributed by atoms with Gasteiger partial charge in [-0.3, -0.25) is 19.2 Å². The first-order valence-corrected chi connectivity index (χ1v) is 13.7. The normalized spacial score (nSPS) is 11.7. The summed E-state index contributed by atoms with van der Waals surface area (Å²) in [5, 5.41) is 6.85. The number of hydrogen-bond donors (Lipinski definition) is 2. The number of pyridine rings is 4. The summed E-state index contributed by atoms with van der Waals surface area (Å²) >= 11 is 0. The fourth-order valence-electron chi connectivity index (χ4n) is 4.85. The summed E-state index contributed by atoms with van der Waals surface area (Å²) in [4.78, 5) is 31.3. The topological polar surface area (TPSA) is 97.1 Å². The number of aryl methyl sites for hydroxylation is 2. The molecule has 0 bridgehead atoms. The number of anilines is 1. The fraction of sp³-hybridized carbons (Fsp3) is 0.147. The molecule has 6 rings (SSSR count). The molecule has 206 valence electrons. The first kappa shape index (κ1) is 26.8. The minimum Gasteiger partial charge on any atom is -0.309 e. The highest BCUT2D eigenvalue weighted by atomic mass is 16.2. The fourth-order valence-corrected chi connectivity index (χ4v) is 4.85. The number of hydrogen-bond acceptors (Lipinski definition) is 6. The number of amides is 1. The lowest BCUT2D eigenvalue weighted by Crippen LogP contribution is -2.35. The smallest absolute Gasteiger partial charge is 0.242 e. The van der Waals surface area contributed by atoms with Crippen LogP contribution in [0.15, 0.2) is 85.5 Å². The number of fused-ring (bicyclic) bond motifs is 2. The van der Waals surface area contributed by atoms with Crippen molar-refractivity contribution in [1.82, 2.24) is 29.7 Å². The second kappa shape index (κ2) is 11.2. The molecular formula is C34H29N7O. The SMILES string of the molecule is CNC(C)C(=O)Nc1ccc(-c2c(-c3ccncc3)nc3cc(C)ccn23)c(C#Cc2ccc(C)c3ncccc23)n1. The number of imidazole rings is 1. The molecule has 1 aromatic carbocycles. The van der Waals surface area contributed by atoms with Gasteiger partial charge in [0.1, 0.15) is 17.2 Å². The van der Waals surface area contributed by atoms with Gasteiger partial charge in [-0.2, -0.15) is 0 Å². The van der Waals surface area contributed by atoms with E-state index in [9.17, 15) is 4.79 Å². The highest BCUT2D eigenvalue weighted by Crippen LogP contribution is 2.35. The Balaban J connectivity index is 1.58. The van der Waals surface area contributed by atoms with Gasteiger partial charge in [-0.1, -0.05) is 18.1 Å². The zero-order valence-corrected chi connectivity index (χ0v) is 23.8. The van der Waals surface area contributed by atoms with E-state index in [0.717, 1.165) is 55.8 Å². The van der Waals surface area contributed by atoms with Gasteiger partial charge in [-0.25, -0.2) is 9.97 Å². The summed E-state index contributed by atoms with van der Waals surface area (Å²) in [6.45, 7) is 5.88. The number of rotatable bonds is 5. The summed E-state index contributed by atoms with van der Waals surface area (Å²) in [7, 11) is 1.74. The number of benzene rings is 1. The monoisotopic (exact) mass is 551 g/mol. The molecule has 0 spiro atoms. The third-order valence-corrected chi connectivity index (χ3v) is 7.25. The second-order valence-electron chi connectivity index (χ2n) is 10.1. The third-order valence-electron chi connectivity index (χ3n) is 7.25. The van der Waals surface area contributed by atoms with Crippen LogP contribution >= 0.6 is 0 Å². The Morgan fingerprint density at radius 2 is 1.79 bits per heavy atom. The van der Waals surface area contributed by atoms with Crippen molar-refractivity contribution < 1.29 is 4.79 Å². The van der Waals surface area contributed by atoms with Crippen LogP contribution in [0.5, 0.6) is 0 Å². The first-order valence-electron chi connectivity index (χ1n) is 13.7. The summed E-state index contributed by atoms with van der Waals surface area (Å²) in [5.41, 5.74) is 8.64. The van der Waals surface area contributed by atoms with Crippen LogP contribution in [0.2, 0.25) is 0 Å². The van der Waals surface area contributed by atoms with Gasteiger partial charge >= 0.3 is 0 Å². The third kappa shape index (κ3) is 5.09. The molecule has 5 aromatic heterocycles. The Hall–Kier alpha value is -5.39. The molecule has 8 heteroatoms. The van der Waals surface area contributed by atoms with Gasteiger partial charge in [0.25, 0.3) is 0 Å². The zero-order valence-electron chi connectivity index (χ0n) is 23.8. The number of aromatic nitrogens is 5. The lowest BCUT2D eigenvalue weighted by atomic mass is 10.0. The minimum atomic E-state index is -0.382. The molecule has 0 aliphatic heterocycles. The van der Waals surface area contributed by atoms with Gasteiger partial charge in [-0.05, 0) is 93.4 Å². The molecule has 6 aromatic rings. The van der Waals surface area contributed by atoms with Gasteiger partial charge in [0.15, 0.2) is 0 Å². The van der Waals surface area contributed by atoms with Crippen LogP contribution in [-0.4, -0.2) is 43.3 Å². The van der Waals surface area contributed by atoms with Gasteiger partial charge in [0.2, 0.25) is 5.91 Å². The molecule has 0 aliphatic rings. The predicted molar refractivity (Wildman–Crippen MR) is 166 cm³/mol. The van der Waals surface area contributed by atoms with Gasteiger partial charge in [0, 0.05) is 46.9 Å². The molecule has 0 saturated carbocycles. The molecule has 42 heavy (non-hydrogen) atoms. The Morgan fingerprint density at radius 3 is 2.60 bits per heavy atom. The Morgan fingerprint density at radius 1 is 0.952 bits per heavy atom. The number of carbonyl (C=O) groups is 1. The zero-order chi connectivity index (χ0) is 29.2. The first-order chi connectivity index (χ1) is 20.4. The van der Waals surface area contributed by atoms with Crippen molar-refractivity contribution in [1.29, 1.82) is 0 Å². The minimum absolute atomic E-state index is 0.185. The summed E-state index contributed by atoms with van der Waals surface area (Å²) in [6, 6.07) is 19.3. The van der Waals surface area contributed by atoms with E-state index in [4.69, 9.17) is 9.97 Å². The van der Waals surface area contributed by atoms with E-state index in [1.807, 2.05) is 74.6 Å². The van der Waals surface area contributed by atoms with Crippen molar-refractivity contribution in [2.75, 3.05) is 12.4 Å². The lowest BCUT2D eigenvalue weighted by molar-refractivity contribution is -0.117. The van der Waals surface area contributed by atoms with E-state index in [2.05, 4.69) is 36.8 Å². The lowest BCUT2D eigenvalue weighted by Gasteiger charge is -2.13. The number of nitrogens with one attached hydrogen (secondary N) is 2. The molecule has 2 N–H and O–H groups in total. The van der Waals surface area contributed by atoms with Crippen LogP contribution in [0.25, 0.3) is 39.1 Å². The van der Waals surface area contributed by atoms with Crippen molar-refractivity contribution in [2.45, 2.75) is 26.8 Å². The molecule has 1 atom stereocenters. The van der Waals surface area contributed by atoms with Crippen LogP contribution in [0.3, 0.4) is 0 Å². The summed E-state index contributed by atoms with van der Waals surface area (Å²) in [5.74, 6) is 6.91. The molecule has 0 radical (unpaired) electrons. The Kier molecular flexibility index (Phi) is 7.17. The number of likely N-dealkylation sites (N-methyl/N-ethyl adjacent to an activating group) is 1. The molecule has 1 amide bonds. The van der Waals surface area contributed by atoms with E-state index >= 15 is 0 Å². The summed E-state index contributed by atoms with van der Waals surface area (Å²) in [6.07, 6.45) is 7.31. The van der Waals surface area contributed by atoms with Crippen LogP contribution in [0.4, 0.5) is 5.82 Å². The van der Waals surface area contributed by atoms with Crippen molar-refractivity contribution in [3.8, 4) is 34.4 Å². The Bertz CT molecular complexity index is 2020. The van der Waals surface area contributed by atoms with Crippen LogP contribution in [0.1, 0.15) is 29.3 Å². The molecule has 0 fully saturated rings. The van der Waals surface area contributed by atoms with Gasteiger partial charge < -0.3 is 10.6 Å². The van der Waals surface area contributed by atoms with E-state index < -0.39 is 0 Å². The van der Waals surface area contributed by atoms with Gasteiger partial charge in [0.05, 0.1) is 22.9 Å². The van der Waals surface area contributed by atoms with Crippen LogP contribution < -0.4 is 10.6 Å². The average molecular weight is 552 g/mol. The molecule has 1 unspecified atom stereocenters. The van der Waals surface area contributed by atoms with Crippen molar-refractivity contribution in [3.63, 3.8) is 0 Å². The highest BCUT2D eigenvalue weighted by molar-refractivity contribution is 5.94. The number of nitrogens with zero attached hydrogens (tertiary/aromatic N) is 5. The maximum atomic E-state index is 12.7. The van der Waals surface area contributed by atoms with Crippen LogP contribution in [-0.2, 0) is 4.79 Å². The highest BCUT2D eigenvalue weighted by Gasteiger charge is 2.20. The molecular weight excluding hydrogens is 522 g/mol. The molecule has 8 nitrogen and oxygen atoms in total. The van der Waals surface area contributed by atoms with Crippen LogP contribution in [0, 0.1) is 25.7 Å². The second-order valence-corrected chi connectivity index (χ2v) is 10.1. The van der Waals surface area contributed by atoms with E-state index in [1.54, 1.807) is 38.6 Å². The van der Waals surface area contributed by atoms with Crippen molar-refractivity contribution >= 4 is 28.3 Å². The van der Waals surface area contributed by atoms with E-state index in [-0.39, 0.29) is 11.9 Å². The van der Waals surface area contributed by atoms with Gasteiger partial charge in [-0.15, -0.1) is 0 Å². The molecule has 0 aliphatic carbocycles. The summed E-state index contributed by atoms with van der Waals surface area (Å²) < 4.78 is 2.05.